The minimum atomic E-state index is 0.484. The van der Waals surface area contributed by atoms with Crippen molar-refractivity contribution in [2.75, 3.05) is 10.2 Å². The van der Waals surface area contributed by atoms with Gasteiger partial charge in [-0.2, -0.15) is 0 Å². The molecule has 0 bridgehead atoms. The highest BCUT2D eigenvalue weighted by atomic mass is 16.5. The van der Waals surface area contributed by atoms with Crippen LogP contribution in [-0.2, 0) is 11.3 Å². The van der Waals surface area contributed by atoms with Crippen molar-refractivity contribution in [3.8, 4) is 0 Å². The number of aromatic amines is 1. The number of imidazole rings is 1. The fourth-order valence-electron chi connectivity index (χ4n) is 2.36. The molecule has 1 aliphatic heterocycles. The molecule has 1 aliphatic rings. The van der Waals surface area contributed by atoms with Crippen LogP contribution in [0.2, 0.25) is 0 Å². The largest absolute Gasteiger partial charge is 0.468 e. The molecule has 0 fully saturated rings. The average Bonchev–Trinajstić information content (AvgIpc) is 3.19. The van der Waals surface area contributed by atoms with Gasteiger partial charge in [-0.15, -0.1) is 0 Å². The van der Waals surface area contributed by atoms with E-state index in [2.05, 4.69) is 20.3 Å². The molecule has 4 N–H and O–H groups in total. The first-order valence-electron chi connectivity index (χ1n) is 7.17. The number of benzene rings is 1. The Kier molecular flexibility index (Phi) is 3.23. The number of hydrogen-bond acceptors (Lipinski definition) is 6. The highest BCUT2D eigenvalue weighted by molar-refractivity contribution is 5.81. The average molecular weight is 307 g/mol. The summed E-state index contributed by atoms with van der Waals surface area (Å²) in [7, 11) is 0. The molecule has 0 saturated carbocycles. The van der Waals surface area contributed by atoms with Crippen LogP contribution in [0.25, 0.3) is 11.0 Å². The van der Waals surface area contributed by atoms with Gasteiger partial charge in [-0.05, 0) is 30.3 Å². The number of H-pyrrole nitrogens is 1. The summed E-state index contributed by atoms with van der Waals surface area (Å²) >= 11 is 0. The molecule has 1 radical (unpaired) electrons. The van der Waals surface area contributed by atoms with Crippen molar-refractivity contribution in [1.29, 1.82) is 0 Å². The number of pyridine rings is 1. The molecular weight excluding hydrogens is 292 g/mol. The van der Waals surface area contributed by atoms with Gasteiger partial charge in [-0.1, -0.05) is 6.07 Å². The van der Waals surface area contributed by atoms with E-state index in [1.807, 2.05) is 36.4 Å². The maximum atomic E-state index is 5.83. The first-order valence-corrected chi connectivity index (χ1v) is 7.17. The number of nitrogens with one attached hydrogen (secondary N) is 2. The molecule has 3 heterocycles. The monoisotopic (exact) mass is 307 g/mol. The predicted molar refractivity (Wildman–Crippen MR) is 87.8 cm³/mol. The van der Waals surface area contributed by atoms with E-state index in [-0.39, 0.29) is 0 Å². The normalized spacial score (nSPS) is 13.9. The first-order chi connectivity index (χ1) is 11.3. The molecule has 2 aromatic heterocycles. The van der Waals surface area contributed by atoms with Crippen molar-refractivity contribution in [3.05, 3.63) is 67.1 Å². The standard InChI is InChI=1S/C16H15N6O/c17-15-9-23-10-22(15)16-20-13-5-4-11(7-14(13)21-16)19-8-12-3-1-2-6-18-12/h1-7,9-10,19H,8,17H2,(H,20,21). The van der Waals surface area contributed by atoms with Gasteiger partial charge in [-0.25, -0.2) is 4.98 Å². The second-order valence-electron chi connectivity index (χ2n) is 5.12. The molecule has 0 saturated heterocycles. The van der Waals surface area contributed by atoms with Gasteiger partial charge in [-0.3, -0.25) is 9.88 Å². The van der Waals surface area contributed by atoms with Gasteiger partial charge in [0.1, 0.15) is 12.1 Å². The van der Waals surface area contributed by atoms with Crippen LogP contribution in [0.5, 0.6) is 0 Å². The zero-order chi connectivity index (χ0) is 15.6. The summed E-state index contributed by atoms with van der Waals surface area (Å²) in [4.78, 5) is 13.7. The summed E-state index contributed by atoms with van der Waals surface area (Å²) < 4.78 is 5.07. The third-order valence-electron chi connectivity index (χ3n) is 3.53. The molecule has 7 heteroatoms. The van der Waals surface area contributed by atoms with E-state index >= 15 is 0 Å². The molecule has 1 aromatic carbocycles. The topological polar surface area (TPSA) is 92.1 Å². The Morgan fingerprint density at radius 1 is 1.26 bits per heavy atom. The van der Waals surface area contributed by atoms with Gasteiger partial charge in [0.05, 0.1) is 23.3 Å². The number of rotatable bonds is 4. The van der Waals surface area contributed by atoms with Crippen molar-refractivity contribution < 1.29 is 4.74 Å². The summed E-state index contributed by atoms with van der Waals surface area (Å²) in [5.41, 5.74) is 9.56. The maximum absolute atomic E-state index is 5.83. The van der Waals surface area contributed by atoms with Crippen LogP contribution in [0, 0.1) is 6.73 Å². The second-order valence-corrected chi connectivity index (χ2v) is 5.12. The fourth-order valence-corrected chi connectivity index (χ4v) is 2.36. The maximum Gasteiger partial charge on any atom is 0.236 e. The molecule has 0 amide bonds. The lowest BCUT2D eigenvalue weighted by Crippen LogP contribution is -2.21. The molecule has 0 aliphatic carbocycles. The lowest BCUT2D eigenvalue weighted by Gasteiger charge is -2.11. The first kappa shape index (κ1) is 13.4. The SMILES string of the molecule is NC1=CO[CH]N1c1nc2cc(NCc3ccccn3)ccc2[nH]1. The van der Waals surface area contributed by atoms with Crippen LogP contribution in [0.15, 0.2) is 54.7 Å². The Hall–Kier alpha value is -3.22. The summed E-state index contributed by atoms with van der Waals surface area (Å²) in [6, 6.07) is 11.8. The fraction of sp³-hybridized carbons (Fsp3) is 0.0625. The van der Waals surface area contributed by atoms with Gasteiger partial charge in [0, 0.05) is 11.9 Å². The second kappa shape index (κ2) is 5.53. The molecule has 23 heavy (non-hydrogen) atoms. The smallest absolute Gasteiger partial charge is 0.236 e. The number of hydrogen-bond donors (Lipinski definition) is 3. The van der Waals surface area contributed by atoms with E-state index in [0.717, 1.165) is 22.4 Å². The van der Waals surface area contributed by atoms with Gasteiger partial charge in [0.2, 0.25) is 12.7 Å². The summed E-state index contributed by atoms with van der Waals surface area (Å²) in [5, 5.41) is 3.34. The molecule has 0 unspecified atom stereocenters. The Morgan fingerprint density at radius 3 is 3.00 bits per heavy atom. The van der Waals surface area contributed by atoms with Crippen LogP contribution < -0.4 is 16.0 Å². The molecular formula is C16H15N6O. The number of anilines is 2. The molecule has 4 rings (SSSR count). The van der Waals surface area contributed by atoms with Crippen molar-refractivity contribution in [1.82, 2.24) is 15.0 Å². The zero-order valence-corrected chi connectivity index (χ0v) is 12.2. The van der Waals surface area contributed by atoms with Gasteiger partial charge >= 0.3 is 0 Å². The number of ether oxygens (including phenoxy) is 1. The third kappa shape index (κ3) is 2.64. The molecule has 3 aromatic rings. The van der Waals surface area contributed by atoms with Crippen LogP contribution >= 0.6 is 0 Å². The number of aromatic nitrogens is 3. The summed E-state index contributed by atoms with van der Waals surface area (Å²) in [6.07, 6.45) is 3.25. The van der Waals surface area contributed by atoms with Crippen molar-refractivity contribution >= 4 is 22.7 Å². The van der Waals surface area contributed by atoms with Crippen LogP contribution in [0.1, 0.15) is 5.69 Å². The Labute approximate surface area is 132 Å². The molecule has 0 atom stereocenters. The van der Waals surface area contributed by atoms with E-state index in [1.165, 1.54) is 13.0 Å². The number of nitrogens with zero attached hydrogens (tertiary/aromatic N) is 3. The quantitative estimate of drug-likeness (QED) is 0.685. The van der Waals surface area contributed by atoms with Gasteiger partial charge < -0.3 is 20.8 Å². The molecule has 115 valence electrons. The molecule has 7 nitrogen and oxygen atoms in total. The summed E-state index contributed by atoms with van der Waals surface area (Å²) in [5.74, 6) is 1.10. The highest BCUT2D eigenvalue weighted by Crippen LogP contribution is 2.25. The van der Waals surface area contributed by atoms with Crippen LogP contribution in [0.4, 0.5) is 11.6 Å². The van der Waals surface area contributed by atoms with Crippen LogP contribution in [-0.4, -0.2) is 15.0 Å². The Bertz CT molecular complexity index is 857. The van der Waals surface area contributed by atoms with E-state index in [9.17, 15) is 0 Å². The zero-order valence-electron chi connectivity index (χ0n) is 12.2. The van der Waals surface area contributed by atoms with Crippen molar-refractivity contribution in [2.45, 2.75) is 6.54 Å². The van der Waals surface area contributed by atoms with E-state index in [1.54, 1.807) is 11.1 Å². The van der Waals surface area contributed by atoms with Crippen molar-refractivity contribution in [2.24, 2.45) is 5.73 Å². The van der Waals surface area contributed by atoms with E-state index in [0.29, 0.717) is 18.3 Å². The predicted octanol–water partition coefficient (Wildman–Crippen LogP) is 2.28. The van der Waals surface area contributed by atoms with E-state index in [4.69, 9.17) is 10.5 Å². The minimum absolute atomic E-state index is 0.484. The van der Waals surface area contributed by atoms with Gasteiger partial charge in [0.15, 0.2) is 0 Å². The van der Waals surface area contributed by atoms with E-state index < -0.39 is 0 Å². The van der Waals surface area contributed by atoms with Crippen LogP contribution in [0.3, 0.4) is 0 Å². The Balaban J connectivity index is 1.55. The highest BCUT2D eigenvalue weighted by Gasteiger charge is 2.19. The Morgan fingerprint density at radius 2 is 2.22 bits per heavy atom. The minimum Gasteiger partial charge on any atom is -0.468 e. The number of nitrogens with two attached hydrogens (primary N) is 1. The van der Waals surface area contributed by atoms with Crippen molar-refractivity contribution in [3.63, 3.8) is 0 Å². The van der Waals surface area contributed by atoms with Gasteiger partial charge in [0.25, 0.3) is 0 Å². The molecule has 0 spiro atoms. The third-order valence-corrected chi connectivity index (χ3v) is 3.53. The summed E-state index contributed by atoms with van der Waals surface area (Å²) in [6.45, 7) is 2.17. The lowest BCUT2D eigenvalue weighted by molar-refractivity contribution is 0.355. The number of fused-ring (bicyclic) bond motifs is 1. The lowest BCUT2D eigenvalue weighted by atomic mass is 10.2.